The quantitative estimate of drug-likeness (QED) is 0.601. The lowest BCUT2D eigenvalue weighted by molar-refractivity contribution is 0.166. The van der Waals surface area contributed by atoms with E-state index in [0.29, 0.717) is 12.4 Å². The molecule has 0 saturated heterocycles. The van der Waals surface area contributed by atoms with Crippen LogP contribution in [0.2, 0.25) is 0 Å². The number of pyridine rings is 1. The van der Waals surface area contributed by atoms with Gasteiger partial charge in [-0.2, -0.15) is 0 Å². The summed E-state index contributed by atoms with van der Waals surface area (Å²) in [5, 5.41) is 0. The van der Waals surface area contributed by atoms with Crippen LogP contribution in [0.1, 0.15) is 24.6 Å². The average Bonchev–Trinajstić information content (AvgIpc) is 2.34. The fourth-order valence-electron chi connectivity index (χ4n) is 1.68. The minimum atomic E-state index is -0.513. The van der Waals surface area contributed by atoms with E-state index in [4.69, 9.17) is 10.6 Å². The highest BCUT2D eigenvalue weighted by Gasteiger charge is 2.22. The lowest BCUT2D eigenvalue weighted by Gasteiger charge is -2.22. The topological polar surface area (TPSA) is 60.2 Å². The molecule has 4 nitrogen and oxygen atoms in total. The number of hydrogen-bond acceptors (Lipinski definition) is 4. The van der Waals surface area contributed by atoms with Crippen LogP contribution < -0.4 is 11.3 Å². The second-order valence-electron chi connectivity index (χ2n) is 3.57. The van der Waals surface area contributed by atoms with Gasteiger partial charge in [0.25, 0.3) is 0 Å². The van der Waals surface area contributed by atoms with Crippen LogP contribution >= 0.6 is 0 Å². The SMILES string of the molecule is NNC(C1=CCCCO1)c1ncccc1F. The molecule has 0 aromatic carbocycles. The molecule has 5 heteroatoms. The largest absolute Gasteiger partial charge is 0.496 e. The Morgan fingerprint density at radius 2 is 2.44 bits per heavy atom. The highest BCUT2D eigenvalue weighted by molar-refractivity contribution is 5.20. The molecular formula is C11H14FN3O. The van der Waals surface area contributed by atoms with Gasteiger partial charge in [-0.05, 0) is 31.1 Å². The first-order valence-electron chi connectivity index (χ1n) is 5.22. The lowest BCUT2D eigenvalue weighted by atomic mass is 10.1. The highest BCUT2D eigenvalue weighted by Crippen LogP contribution is 2.25. The standard InChI is InChI=1S/C11H14FN3O/c12-8-4-3-6-14-10(8)11(15-13)9-5-1-2-7-16-9/h3-6,11,15H,1-2,7,13H2. The van der Waals surface area contributed by atoms with Crippen molar-refractivity contribution in [2.45, 2.75) is 18.9 Å². The van der Waals surface area contributed by atoms with Crippen molar-refractivity contribution in [3.8, 4) is 0 Å². The smallest absolute Gasteiger partial charge is 0.146 e. The zero-order valence-corrected chi connectivity index (χ0v) is 8.82. The van der Waals surface area contributed by atoms with Crippen LogP contribution in [0.15, 0.2) is 30.2 Å². The molecule has 1 atom stereocenters. The number of nitrogens with zero attached hydrogens (tertiary/aromatic N) is 1. The molecular weight excluding hydrogens is 209 g/mol. The molecule has 1 aromatic rings. The molecule has 1 aromatic heterocycles. The molecule has 0 aliphatic carbocycles. The lowest BCUT2D eigenvalue weighted by Crippen LogP contribution is -2.32. The number of halogens is 1. The van der Waals surface area contributed by atoms with Gasteiger partial charge in [-0.3, -0.25) is 10.8 Å². The number of nitrogens with two attached hydrogens (primary N) is 1. The summed E-state index contributed by atoms with van der Waals surface area (Å²) >= 11 is 0. The monoisotopic (exact) mass is 223 g/mol. The van der Waals surface area contributed by atoms with Crippen LogP contribution in [-0.4, -0.2) is 11.6 Å². The number of ether oxygens (including phenoxy) is 1. The van der Waals surface area contributed by atoms with Gasteiger partial charge in [0.2, 0.25) is 0 Å². The second-order valence-corrected chi connectivity index (χ2v) is 3.57. The van der Waals surface area contributed by atoms with Crippen LogP contribution in [0.5, 0.6) is 0 Å². The van der Waals surface area contributed by atoms with E-state index in [1.54, 1.807) is 6.07 Å². The number of allylic oxidation sites excluding steroid dienone is 1. The van der Waals surface area contributed by atoms with E-state index in [0.717, 1.165) is 12.8 Å². The average molecular weight is 223 g/mol. The van der Waals surface area contributed by atoms with E-state index < -0.39 is 6.04 Å². The van der Waals surface area contributed by atoms with Crippen LogP contribution in [0.4, 0.5) is 4.39 Å². The Hall–Kier alpha value is -1.46. The van der Waals surface area contributed by atoms with Gasteiger partial charge in [0.05, 0.1) is 6.61 Å². The Morgan fingerprint density at radius 1 is 1.56 bits per heavy atom. The molecule has 0 saturated carbocycles. The van der Waals surface area contributed by atoms with E-state index in [9.17, 15) is 4.39 Å². The number of rotatable bonds is 3. The molecule has 1 aliphatic rings. The molecule has 16 heavy (non-hydrogen) atoms. The predicted molar refractivity (Wildman–Crippen MR) is 57.5 cm³/mol. The van der Waals surface area contributed by atoms with Gasteiger partial charge >= 0.3 is 0 Å². The van der Waals surface area contributed by atoms with E-state index in [1.807, 2.05) is 6.08 Å². The van der Waals surface area contributed by atoms with Crippen molar-refractivity contribution in [2.75, 3.05) is 6.61 Å². The summed E-state index contributed by atoms with van der Waals surface area (Å²) in [6.45, 7) is 0.637. The molecule has 0 bridgehead atoms. The predicted octanol–water partition coefficient (Wildman–Crippen LogP) is 1.42. The van der Waals surface area contributed by atoms with Crippen molar-refractivity contribution in [3.63, 3.8) is 0 Å². The molecule has 86 valence electrons. The van der Waals surface area contributed by atoms with Crippen molar-refractivity contribution in [1.29, 1.82) is 0 Å². The van der Waals surface area contributed by atoms with Gasteiger partial charge in [0, 0.05) is 6.20 Å². The van der Waals surface area contributed by atoms with E-state index >= 15 is 0 Å². The first-order chi connectivity index (χ1) is 7.83. The normalized spacial score (nSPS) is 17.5. The molecule has 0 radical (unpaired) electrons. The van der Waals surface area contributed by atoms with E-state index in [2.05, 4.69) is 10.4 Å². The molecule has 0 spiro atoms. The molecule has 0 fully saturated rings. The summed E-state index contributed by atoms with van der Waals surface area (Å²) in [6.07, 6.45) is 5.35. The first kappa shape index (κ1) is 11.0. The fourth-order valence-corrected chi connectivity index (χ4v) is 1.68. The third-order valence-corrected chi connectivity index (χ3v) is 2.47. The number of hydrogen-bond donors (Lipinski definition) is 2. The van der Waals surface area contributed by atoms with Gasteiger partial charge in [-0.25, -0.2) is 9.82 Å². The molecule has 1 aliphatic heterocycles. The Bertz CT molecular complexity index is 395. The molecule has 1 unspecified atom stereocenters. The van der Waals surface area contributed by atoms with Crippen molar-refractivity contribution >= 4 is 0 Å². The molecule has 0 amide bonds. The third kappa shape index (κ3) is 2.20. The third-order valence-electron chi connectivity index (χ3n) is 2.47. The van der Waals surface area contributed by atoms with Gasteiger partial charge in [0.1, 0.15) is 23.3 Å². The minimum absolute atomic E-state index is 0.262. The van der Waals surface area contributed by atoms with Crippen molar-refractivity contribution < 1.29 is 9.13 Å². The van der Waals surface area contributed by atoms with Gasteiger partial charge in [-0.15, -0.1) is 0 Å². The van der Waals surface area contributed by atoms with Crippen molar-refractivity contribution in [2.24, 2.45) is 5.84 Å². The number of aromatic nitrogens is 1. The summed E-state index contributed by atoms with van der Waals surface area (Å²) < 4.78 is 19.0. The van der Waals surface area contributed by atoms with Crippen molar-refractivity contribution in [1.82, 2.24) is 10.4 Å². The highest BCUT2D eigenvalue weighted by atomic mass is 19.1. The summed E-state index contributed by atoms with van der Waals surface area (Å²) in [7, 11) is 0. The maximum Gasteiger partial charge on any atom is 0.146 e. The van der Waals surface area contributed by atoms with Gasteiger partial charge in [-0.1, -0.05) is 0 Å². The Balaban J connectivity index is 2.28. The maximum absolute atomic E-state index is 13.5. The summed E-state index contributed by atoms with van der Waals surface area (Å²) in [5.41, 5.74) is 2.80. The van der Waals surface area contributed by atoms with Gasteiger partial charge in [0.15, 0.2) is 0 Å². The van der Waals surface area contributed by atoms with Crippen molar-refractivity contribution in [3.05, 3.63) is 41.7 Å². The minimum Gasteiger partial charge on any atom is -0.496 e. The van der Waals surface area contributed by atoms with Crippen LogP contribution in [-0.2, 0) is 4.74 Å². The zero-order chi connectivity index (χ0) is 11.4. The Kier molecular flexibility index (Phi) is 3.48. The Morgan fingerprint density at radius 3 is 3.06 bits per heavy atom. The fraction of sp³-hybridized carbons (Fsp3) is 0.364. The molecule has 2 heterocycles. The van der Waals surface area contributed by atoms with Crippen LogP contribution in [0.25, 0.3) is 0 Å². The number of nitrogens with one attached hydrogen (secondary N) is 1. The number of hydrazine groups is 1. The molecule has 2 rings (SSSR count). The zero-order valence-electron chi connectivity index (χ0n) is 8.82. The summed E-state index contributed by atoms with van der Waals surface area (Å²) in [4.78, 5) is 3.99. The van der Waals surface area contributed by atoms with Crippen LogP contribution in [0, 0.1) is 5.82 Å². The van der Waals surface area contributed by atoms with Crippen LogP contribution in [0.3, 0.4) is 0 Å². The van der Waals surface area contributed by atoms with E-state index in [-0.39, 0.29) is 11.5 Å². The maximum atomic E-state index is 13.5. The first-order valence-corrected chi connectivity index (χ1v) is 5.22. The Labute approximate surface area is 93.3 Å². The second kappa shape index (κ2) is 5.05. The van der Waals surface area contributed by atoms with Gasteiger partial charge < -0.3 is 4.74 Å². The molecule has 3 N–H and O–H groups in total. The van der Waals surface area contributed by atoms with E-state index in [1.165, 1.54) is 12.3 Å². The summed E-state index contributed by atoms with van der Waals surface area (Å²) in [5.74, 6) is 5.68. The summed E-state index contributed by atoms with van der Waals surface area (Å²) in [6, 6.07) is 2.39.